The molecule has 0 bridgehead atoms. The third-order valence-electron chi connectivity index (χ3n) is 3.91. The summed E-state index contributed by atoms with van der Waals surface area (Å²) in [7, 11) is 0. The predicted molar refractivity (Wildman–Crippen MR) is 88.1 cm³/mol. The highest BCUT2D eigenvalue weighted by Crippen LogP contribution is 2.23. The molecule has 1 heterocycles. The molecular formula is C19H17FO6. The molecule has 1 saturated heterocycles. The average Bonchev–Trinajstić information content (AvgIpc) is 2.68. The second-order valence-corrected chi connectivity index (χ2v) is 5.72. The summed E-state index contributed by atoms with van der Waals surface area (Å²) in [6.45, 7) is -0.344. The number of hydrogen-bond donors (Lipinski definition) is 1. The maximum atomic E-state index is 13.7. The van der Waals surface area contributed by atoms with Gasteiger partial charge in [-0.15, -0.1) is 0 Å². The number of carbonyl (C=O) groups is 2. The summed E-state index contributed by atoms with van der Waals surface area (Å²) < 4.78 is 29.0. The fourth-order valence-corrected chi connectivity index (χ4v) is 2.54. The lowest BCUT2D eigenvalue weighted by Gasteiger charge is -2.35. The van der Waals surface area contributed by atoms with Gasteiger partial charge in [0.25, 0.3) is 0 Å². The molecule has 1 aliphatic rings. The van der Waals surface area contributed by atoms with E-state index in [1.165, 1.54) is 12.1 Å². The Morgan fingerprint density at radius 3 is 1.96 bits per heavy atom. The van der Waals surface area contributed by atoms with Crippen molar-refractivity contribution in [1.82, 2.24) is 0 Å². The van der Waals surface area contributed by atoms with Crippen LogP contribution in [0.15, 0.2) is 60.7 Å². The fraction of sp³-hybridized carbons (Fsp3) is 0.263. The number of aliphatic hydroxyl groups excluding tert-OH is 1. The number of rotatable bonds is 4. The topological polar surface area (TPSA) is 82.1 Å². The van der Waals surface area contributed by atoms with Gasteiger partial charge in [-0.3, -0.25) is 0 Å². The summed E-state index contributed by atoms with van der Waals surface area (Å²) in [5.74, 6) is -1.45. The Labute approximate surface area is 149 Å². The molecule has 0 aromatic heterocycles. The lowest BCUT2D eigenvalue weighted by Crippen LogP contribution is -2.54. The molecule has 136 valence electrons. The molecule has 1 N–H and O–H groups in total. The van der Waals surface area contributed by atoms with E-state index >= 15 is 0 Å². The van der Waals surface area contributed by atoms with E-state index in [2.05, 4.69) is 0 Å². The van der Waals surface area contributed by atoms with E-state index in [4.69, 9.17) is 14.2 Å². The van der Waals surface area contributed by atoms with Crippen molar-refractivity contribution in [2.24, 2.45) is 0 Å². The van der Waals surface area contributed by atoms with Crippen LogP contribution in [0.25, 0.3) is 0 Å². The van der Waals surface area contributed by atoms with Crippen molar-refractivity contribution in [1.29, 1.82) is 0 Å². The number of carbonyl (C=O) groups excluding carboxylic acids is 2. The lowest BCUT2D eigenvalue weighted by atomic mass is 10.0. The van der Waals surface area contributed by atoms with Crippen molar-refractivity contribution in [3.63, 3.8) is 0 Å². The predicted octanol–water partition coefficient (Wildman–Crippen LogP) is 2.12. The van der Waals surface area contributed by atoms with Crippen LogP contribution in [0.2, 0.25) is 0 Å². The third-order valence-corrected chi connectivity index (χ3v) is 3.91. The van der Waals surface area contributed by atoms with Crippen molar-refractivity contribution < 1.29 is 33.3 Å². The number of alkyl halides is 1. The minimum Gasteiger partial charge on any atom is -0.452 e. The molecule has 4 atom stereocenters. The molecular weight excluding hydrogens is 343 g/mol. The van der Waals surface area contributed by atoms with Crippen LogP contribution in [0, 0.1) is 0 Å². The van der Waals surface area contributed by atoms with Gasteiger partial charge in [0.05, 0.1) is 17.7 Å². The first-order chi connectivity index (χ1) is 12.6. The highest BCUT2D eigenvalue weighted by molar-refractivity contribution is 5.90. The van der Waals surface area contributed by atoms with Crippen LogP contribution in [-0.4, -0.2) is 48.3 Å². The zero-order chi connectivity index (χ0) is 18.5. The standard InChI is InChI=1S/C19H17FO6/c20-17-15(21)16(26-19(23)13-9-5-2-6-10-13)14(11-24-17)25-18(22)12-7-3-1-4-8-12/h1-10,14-17,21H,11H2/t14-,15+,16-,17+/m1/s1. The molecule has 26 heavy (non-hydrogen) atoms. The minimum absolute atomic E-state index is 0.231. The maximum Gasteiger partial charge on any atom is 0.338 e. The average molecular weight is 360 g/mol. The van der Waals surface area contributed by atoms with Gasteiger partial charge in [-0.05, 0) is 24.3 Å². The number of halogens is 1. The highest BCUT2D eigenvalue weighted by atomic mass is 19.1. The molecule has 2 aromatic rings. The van der Waals surface area contributed by atoms with Gasteiger partial charge in [0.2, 0.25) is 6.36 Å². The van der Waals surface area contributed by atoms with E-state index in [9.17, 15) is 19.1 Å². The first-order valence-corrected chi connectivity index (χ1v) is 8.02. The number of aliphatic hydroxyl groups is 1. The molecule has 0 amide bonds. The maximum absolute atomic E-state index is 13.7. The molecule has 1 fully saturated rings. The van der Waals surface area contributed by atoms with Crippen LogP contribution < -0.4 is 0 Å². The lowest BCUT2D eigenvalue weighted by molar-refractivity contribution is -0.224. The van der Waals surface area contributed by atoms with Gasteiger partial charge in [0.15, 0.2) is 18.3 Å². The van der Waals surface area contributed by atoms with Crippen LogP contribution in [-0.2, 0) is 14.2 Å². The monoisotopic (exact) mass is 360 g/mol. The van der Waals surface area contributed by atoms with Gasteiger partial charge in [-0.25, -0.2) is 14.0 Å². The molecule has 2 aromatic carbocycles. The molecule has 0 saturated carbocycles. The Morgan fingerprint density at radius 1 is 0.923 bits per heavy atom. The first kappa shape index (κ1) is 18.0. The van der Waals surface area contributed by atoms with Crippen LogP contribution >= 0.6 is 0 Å². The normalized spacial score (nSPS) is 25.3. The Kier molecular flexibility index (Phi) is 5.60. The Morgan fingerprint density at radius 2 is 1.42 bits per heavy atom. The van der Waals surface area contributed by atoms with Crippen molar-refractivity contribution >= 4 is 11.9 Å². The van der Waals surface area contributed by atoms with Crippen LogP contribution in [0.4, 0.5) is 4.39 Å². The van der Waals surface area contributed by atoms with E-state index in [0.29, 0.717) is 0 Å². The molecule has 0 radical (unpaired) electrons. The number of benzene rings is 2. The number of ether oxygens (including phenoxy) is 3. The van der Waals surface area contributed by atoms with Gasteiger partial charge < -0.3 is 19.3 Å². The fourth-order valence-electron chi connectivity index (χ4n) is 2.54. The van der Waals surface area contributed by atoms with E-state index in [1.807, 2.05) is 0 Å². The number of hydrogen-bond acceptors (Lipinski definition) is 6. The summed E-state index contributed by atoms with van der Waals surface area (Å²) in [6.07, 6.45) is -6.35. The molecule has 3 rings (SSSR count). The SMILES string of the molecule is O=C(O[C@H]1[C@H](O)[C@@H](F)OC[C@H]1OC(=O)c1ccccc1)c1ccccc1. The van der Waals surface area contributed by atoms with E-state index in [-0.39, 0.29) is 17.7 Å². The zero-order valence-corrected chi connectivity index (χ0v) is 13.7. The summed E-state index contributed by atoms with van der Waals surface area (Å²) in [6, 6.07) is 16.2. The Bertz CT molecular complexity index is 751. The minimum atomic E-state index is -2.05. The largest absolute Gasteiger partial charge is 0.452 e. The molecule has 6 nitrogen and oxygen atoms in total. The molecule has 7 heteroatoms. The second kappa shape index (κ2) is 8.07. The molecule has 1 aliphatic heterocycles. The van der Waals surface area contributed by atoms with Gasteiger partial charge in [0, 0.05) is 0 Å². The second-order valence-electron chi connectivity index (χ2n) is 5.72. The van der Waals surface area contributed by atoms with Crippen LogP contribution in [0.5, 0.6) is 0 Å². The smallest absolute Gasteiger partial charge is 0.338 e. The zero-order valence-electron chi connectivity index (χ0n) is 13.7. The Hall–Kier alpha value is -2.77. The van der Waals surface area contributed by atoms with Crippen molar-refractivity contribution in [2.75, 3.05) is 6.61 Å². The van der Waals surface area contributed by atoms with Crippen molar-refractivity contribution in [3.8, 4) is 0 Å². The van der Waals surface area contributed by atoms with Gasteiger partial charge in [0.1, 0.15) is 0 Å². The van der Waals surface area contributed by atoms with E-state index in [1.54, 1.807) is 48.5 Å². The van der Waals surface area contributed by atoms with E-state index in [0.717, 1.165) is 0 Å². The highest BCUT2D eigenvalue weighted by Gasteiger charge is 2.44. The quantitative estimate of drug-likeness (QED) is 0.841. The number of esters is 2. The van der Waals surface area contributed by atoms with Crippen molar-refractivity contribution in [2.45, 2.75) is 24.7 Å². The van der Waals surface area contributed by atoms with Gasteiger partial charge in [-0.1, -0.05) is 36.4 Å². The summed E-state index contributed by atoms with van der Waals surface area (Å²) in [5.41, 5.74) is 0.507. The first-order valence-electron chi connectivity index (χ1n) is 8.02. The van der Waals surface area contributed by atoms with Crippen LogP contribution in [0.3, 0.4) is 0 Å². The third kappa shape index (κ3) is 4.07. The van der Waals surface area contributed by atoms with E-state index < -0.39 is 36.6 Å². The van der Waals surface area contributed by atoms with Crippen LogP contribution in [0.1, 0.15) is 20.7 Å². The van der Waals surface area contributed by atoms with Gasteiger partial charge >= 0.3 is 11.9 Å². The summed E-state index contributed by atoms with van der Waals surface area (Å²) in [4.78, 5) is 24.4. The molecule has 0 aliphatic carbocycles. The summed E-state index contributed by atoms with van der Waals surface area (Å²) >= 11 is 0. The summed E-state index contributed by atoms with van der Waals surface area (Å²) in [5, 5.41) is 10.0. The van der Waals surface area contributed by atoms with Gasteiger partial charge in [-0.2, -0.15) is 0 Å². The molecule has 0 unspecified atom stereocenters. The van der Waals surface area contributed by atoms with Crippen molar-refractivity contribution in [3.05, 3.63) is 71.8 Å². The Balaban J connectivity index is 1.74. The molecule has 0 spiro atoms.